The molecule has 2 aliphatic carbocycles. The normalized spacial score (nSPS) is 26.6. The quantitative estimate of drug-likeness (QED) is 0.691. The highest BCUT2D eigenvalue weighted by atomic mass is 32.1. The predicted octanol–water partition coefficient (Wildman–Crippen LogP) is 0.981. The number of hydrogen-bond donors (Lipinski definition) is 2. The number of rotatable bonds is 4. The molecule has 2 saturated carbocycles. The van der Waals surface area contributed by atoms with E-state index in [1.54, 1.807) is 0 Å². The summed E-state index contributed by atoms with van der Waals surface area (Å²) in [4.78, 5) is 22.1. The Hall–Kier alpha value is -0.000000000000000111. The summed E-state index contributed by atoms with van der Waals surface area (Å²) in [6.45, 7) is 0. The lowest BCUT2D eigenvalue weighted by molar-refractivity contribution is -0.140. The molecule has 2 aliphatic rings. The van der Waals surface area contributed by atoms with Crippen molar-refractivity contribution in [3.63, 3.8) is 0 Å². The molecule has 5 heteroatoms. The minimum absolute atomic E-state index is 0.270. The van der Waals surface area contributed by atoms with Gasteiger partial charge >= 0.3 is 0 Å². The lowest BCUT2D eigenvalue weighted by Gasteiger charge is -2.18. The second-order valence-electron chi connectivity index (χ2n) is 3.70. The molecule has 0 spiro atoms. The fourth-order valence-electron chi connectivity index (χ4n) is 1.32. The van der Waals surface area contributed by atoms with Crippen LogP contribution in [0.5, 0.6) is 0 Å². The average molecular weight is 218 g/mol. The molecule has 0 heterocycles. The van der Waals surface area contributed by atoms with Gasteiger partial charge in [0.25, 0.3) is 0 Å². The van der Waals surface area contributed by atoms with Gasteiger partial charge in [0, 0.05) is 0 Å². The third kappa shape index (κ3) is 1.53. The summed E-state index contributed by atoms with van der Waals surface area (Å²) in [5, 5.41) is -0.540. The Bertz CT molecular complexity index is 251. The van der Waals surface area contributed by atoms with Gasteiger partial charge in [0.1, 0.15) is 11.2 Å². The molecule has 0 radical (unpaired) electrons. The van der Waals surface area contributed by atoms with Crippen LogP contribution in [0.15, 0.2) is 0 Å². The Balaban J connectivity index is 2.06. The molecular formula is C8H10O3S2. The Morgan fingerprint density at radius 2 is 1.23 bits per heavy atom. The summed E-state index contributed by atoms with van der Waals surface area (Å²) >= 11 is 7.50. The Labute approximate surface area is 87.0 Å². The molecule has 0 aromatic rings. The van der Waals surface area contributed by atoms with Crippen molar-refractivity contribution in [1.29, 1.82) is 0 Å². The van der Waals surface area contributed by atoms with Gasteiger partial charge in [0.15, 0.2) is 0 Å². The van der Waals surface area contributed by atoms with Crippen molar-refractivity contribution >= 4 is 35.5 Å². The SMILES string of the molecule is O=C(S)C1(OC2(C(=O)S)CC2)CC1. The number of hydrogen-bond acceptors (Lipinski definition) is 3. The van der Waals surface area contributed by atoms with Crippen molar-refractivity contribution in [3.8, 4) is 0 Å². The molecule has 0 aromatic heterocycles. The number of ether oxygens (including phenoxy) is 1. The first-order chi connectivity index (χ1) is 6.01. The molecule has 2 fully saturated rings. The van der Waals surface area contributed by atoms with E-state index in [-0.39, 0.29) is 10.2 Å². The zero-order valence-electron chi connectivity index (χ0n) is 6.95. The fraction of sp³-hybridized carbons (Fsp3) is 0.750. The summed E-state index contributed by atoms with van der Waals surface area (Å²) < 4.78 is 5.52. The van der Waals surface area contributed by atoms with Crippen LogP contribution < -0.4 is 0 Å². The summed E-state index contributed by atoms with van der Waals surface area (Å²) in [5.41, 5.74) is -1.53. The smallest absolute Gasteiger partial charge is 0.217 e. The van der Waals surface area contributed by atoms with Crippen LogP contribution in [0.25, 0.3) is 0 Å². The molecule has 0 saturated heterocycles. The lowest BCUT2D eigenvalue weighted by Crippen LogP contribution is -2.33. The fourth-order valence-corrected chi connectivity index (χ4v) is 1.86. The standard InChI is InChI=1S/C8H10O3S2/c9-5(12)7(1-2-7)11-8(3-4-8)6(10)13/h1-4H2,(H,9,12)(H,10,13). The monoisotopic (exact) mass is 218 g/mol. The van der Waals surface area contributed by atoms with Crippen molar-refractivity contribution in [2.24, 2.45) is 0 Å². The van der Waals surface area contributed by atoms with Crippen LogP contribution in [0.2, 0.25) is 0 Å². The Kier molecular flexibility index (Phi) is 2.02. The van der Waals surface area contributed by atoms with E-state index >= 15 is 0 Å². The van der Waals surface area contributed by atoms with Crippen LogP contribution in [0, 0.1) is 0 Å². The summed E-state index contributed by atoms with van der Waals surface area (Å²) in [6.07, 6.45) is 2.71. The topological polar surface area (TPSA) is 43.4 Å². The molecule has 0 atom stereocenters. The second-order valence-corrected chi connectivity index (χ2v) is 4.51. The second kappa shape index (κ2) is 2.74. The maximum Gasteiger partial charge on any atom is 0.217 e. The molecule has 13 heavy (non-hydrogen) atoms. The van der Waals surface area contributed by atoms with E-state index in [4.69, 9.17) is 4.74 Å². The van der Waals surface area contributed by atoms with Crippen LogP contribution in [-0.4, -0.2) is 21.4 Å². The number of carbonyl (C=O) groups is 2. The molecule has 0 amide bonds. The lowest BCUT2D eigenvalue weighted by atomic mass is 10.3. The van der Waals surface area contributed by atoms with Gasteiger partial charge in [-0.2, -0.15) is 0 Å². The van der Waals surface area contributed by atoms with Crippen LogP contribution in [0.4, 0.5) is 0 Å². The zero-order valence-corrected chi connectivity index (χ0v) is 8.74. The van der Waals surface area contributed by atoms with Gasteiger partial charge in [0.2, 0.25) is 10.2 Å². The van der Waals surface area contributed by atoms with Crippen LogP contribution in [-0.2, 0) is 14.3 Å². The molecule has 2 rings (SSSR count). The highest BCUT2D eigenvalue weighted by molar-refractivity contribution is 7.97. The van der Waals surface area contributed by atoms with E-state index in [2.05, 4.69) is 25.3 Å². The average Bonchev–Trinajstić information content (AvgIpc) is 2.86. The van der Waals surface area contributed by atoms with Gasteiger partial charge in [-0.1, -0.05) is 0 Å². The van der Waals surface area contributed by atoms with E-state index in [1.807, 2.05) is 0 Å². The molecule has 0 bridgehead atoms. The van der Waals surface area contributed by atoms with Gasteiger partial charge in [-0.15, -0.1) is 25.3 Å². The van der Waals surface area contributed by atoms with Crippen LogP contribution in [0.1, 0.15) is 25.7 Å². The third-order valence-corrected chi connectivity index (χ3v) is 3.39. The highest BCUT2D eigenvalue weighted by Crippen LogP contribution is 2.52. The summed E-state index contributed by atoms with van der Waals surface area (Å²) in [5.74, 6) is 0. The molecule has 3 nitrogen and oxygen atoms in total. The van der Waals surface area contributed by atoms with Crippen molar-refractivity contribution in [1.82, 2.24) is 0 Å². The number of carbonyl (C=O) groups excluding carboxylic acids is 2. The Morgan fingerprint density at radius 1 is 0.923 bits per heavy atom. The first kappa shape index (κ1) is 9.55. The molecule has 0 aliphatic heterocycles. The third-order valence-electron chi connectivity index (χ3n) is 2.58. The van der Waals surface area contributed by atoms with Crippen molar-refractivity contribution < 1.29 is 14.3 Å². The van der Waals surface area contributed by atoms with E-state index in [0.29, 0.717) is 25.7 Å². The summed E-state index contributed by atoms with van der Waals surface area (Å²) in [6, 6.07) is 0. The van der Waals surface area contributed by atoms with Gasteiger partial charge < -0.3 is 4.74 Å². The van der Waals surface area contributed by atoms with E-state index in [1.165, 1.54) is 0 Å². The van der Waals surface area contributed by atoms with E-state index < -0.39 is 11.2 Å². The highest BCUT2D eigenvalue weighted by Gasteiger charge is 2.61. The maximum absolute atomic E-state index is 11.1. The van der Waals surface area contributed by atoms with Gasteiger partial charge in [-0.05, 0) is 25.7 Å². The van der Waals surface area contributed by atoms with Crippen molar-refractivity contribution in [3.05, 3.63) is 0 Å². The maximum atomic E-state index is 11.1. The molecule has 0 N–H and O–H groups in total. The molecular weight excluding hydrogens is 208 g/mol. The van der Waals surface area contributed by atoms with E-state index in [0.717, 1.165) is 0 Å². The van der Waals surface area contributed by atoms with Gasteiger partial charge in [-0.25, -0.2) is 0 Å². The van der Waals surface area contributed by atoms with Gasteiger partial charge in [0.05, 0.1) is 0 Å². The molecule has 72 valence electrons. The van der Waals surface area contributed by atoms with E-state index in [9.17, 15) is 9.59 Å². The first-order valence-corrected chi connectivity index (χ1v) is 5.07. The van der Waals surface area contributed by atoms with Crippen LogP contribution >= 0.6 is 25.3 Å². The van der Waals surface area contributed by atoms with Crippen LogP contribution in [0.3, 0.4) is 0 Å². The van der Waals surface area contributed by atoms with Gasteiger partial charge in [-0.3, -0.25) is 9.59 Å². The van der Waals surface area contributed by atoms with Crippen molar-refractivity contribution in [2.75, 3.05) is 0 Å². The van der Waals surface area contributed by atoms with Crippen molar-refractivity contribution in [2.45, 2.75) is 36.9 Å². The minimum Gasteiger partial charge on any atom is -0.351 e. The minimum atomic E-state index is -0.766. The molecule has 0 aromatic carbocycles. The molecule has 0 unspecified atom stereocenters. The number of thiol groups is 2. The zero-order chi connectivity index (χ0) is 9.69. The Morgan fingerprint density at radius 3 is 1.38 bits per heavy atom. The largest absolute Gasteiger partial charge is 0.351 e. The summed E-state index contributed by atoms with van der Waals surface area (Å²) in [7, 11) is 0. The first-order valence-electron chi connectivity index (χ1n) is 4.18. The predicted molar refractivity (Wildman–Crippen MR) is 53.0 cm³/mol.